The van der Waals surface area contributed by atoms with Gasteiger partial charge in [0, 0.05) is 17.6 Å². The lowest BCUT2D eigenvalue weighted by Crippen LogP contribution is -2.24. The second-order valence-corrected chi connectivity index (χ2v) is 5.43. The number of halogens is 3. The number of pyridine rings is 2. The zero-order valence-corrected chi connectivity index (χ0v) is 13.5. The molecule has 0 aliphatic heterocycles. The van der Waals surface area contributed by atoms with Crippen LogP contribution in [0.25, 0.3) is 10.9 Å². The summed E-state index contributed by atoms with van der Waals surface area (Å²) in [5.74, 6) is -0.501. The Morgan fingerprint density at radius 1 is 1.08 bits per heavy atom. The second-order valence-electron chi connectivity index (χ2n) is 5.43. The van der Waals surface area contributed by atoms with Gasteiger partial charge in [-0.15, -0.1) is 0 Å². The number of rotatable bonds is 5. The fraction of sp³-hybridized carbons (Fsp3) is 0.167. The third-order valence-electron chi connectivity index (χ3n) is 3.47. The van der Waals surface area contributed by atoms with Crippen LogP contribution in [0.2, 0.25) is 0 Å². The van der Waals surface area contributed by atoms with E-state index in [0.717, 1.165) is 5.39 Å². The number of alkyl halides is 3. The number of nitrogens with one attached hydrogen (secondary N) is 1. The number of carbonyl (C=O) groups is 1. The monoisotopic (exact) mass is 361 g/mol. The van der Waals surface area contributed by atoms with Crippen LogP contribution in [0.15, 0.2) is 54.7 Å². The van der Waals surface area contributed by atoms with Crippen LogP contribution in [-0.2, 0) is 6.54 Å². The normalized spacial score (nSPS) is 11.3. The molecule has 5 nitrogen and oxygen atoms in total. The fourth-order valence-corrected chi connectivity index (χ4v) is 2.35. The summed E-state index contributed by atoms with van der Waals surface area (Å²) in [5, 5.41) is 3.52. The highest BCUT2D eigenvalue weighted by atomic mass is 19.4. The van der Waals surface area contributed by atoms with Crippen LogP contribution < -0.4 is 10.1 Å². The van der Waals surface area contributed by atoms with Crippen molar-refractivity contribution >= 4 is 16.8 Å². The molecule has 26 heavy (non-hydrogen) atoms. The summed E-state index contributed by atoms with van der Waals surface area (Å²) in [4.78, 5) is 20.6. The van der Waals surface area contributed by atoms with E-state index in [4.69, 9.17) is 0 Å². The number of carbonyl (C=O) groups excluding carboxylic acids is 1. The van der Waals surface area contributed by atoms with E-state index < -0.39 is 12.8 Å². The highest BCUT2D eigenvalue weighted by molar-refractivity contribution is 6.05. The van der Waals surface area contributed by atoms with Gasteiger partial charge in [-0.25, -0.2) is 4.98 Å². The van der Waals surface area contributed by atoms with Gasteiger partial charge in [0.1, 0.15) is 0 Å². The number of para-hydroxylation sites is 1. The minimum absolute atomic E-state index is 0.0469. The maximum atomic E-state index is 12.4. The van der Waals surface area contributed by atoms with E-state index >= 15 is 0 Å². The van der Waals surface area contributed by atoms with Crippen molar-refractivity contribution in [2.75, 3.05) is 6.61 Å². The number of nitrogens with zero attached hydrogens (tertiary/aromatic N) is 2. The summed E-state index contributed by atoms with van der Waals surface area (Å²) in [5.41, 5.74) is 1.36. The summed E-state index contributed by atoms with van der Waals surface area (Å²) >= 11 is 0. The topological polar surface area (TPSA) is 64.1 Å². The Balaban J connectivity index is 1.68. The summed E-state index contributed by atoms with van der Waals surface area (Å²) in [7, 11) is 0. The minimum atomic E-state index is -4.44. The quantitative estimate of drug-likeness (QED) is 0.755. The number of fused-ring (bicyclic) bond motifs is 1. The molecular formula is C18H14F3N3O2. The Morgan fingerprint density at radius 3 is 2.65 bits per heavy atom. The molecule has 8 heteroatoms. The number of ether oxygens (including phenoxy) is 1. The third kappa shape index (κ3) is 4.47. The summed E-state index contributed by atoms with van der Waals surface area (Å²) in [6, 6.07) is 13.3. The first kappa shape index (κ1) is 17.7. The molecular weight excluding hydrogens is 347 g/mol. The maximum absolute atomic E-state index is 12.4. The number of amides is 1. The number of aromatic nitrogens is 2. The molecule has 1 N–H and O–H groups in total. The first-order valence-electron chi connectivity index (χ1n) is 7.70. The van der Waals surface area contributed by atoms with Crippen molar-refractivity contribution in [3.05, 3.63) is 66.0 Å². The van der Waals surface area contributed by atoms with Crippen LogP contribution in [0.3, 0.4) is 0 Å². The Kier molecular flexibility index (Phi) is 5.01. The Morgan fingerprint density at radius 2 is 1.85 bits per heavy atom. The molecule has 0 radical (unpaired) electrons. The van der Waals surface area contributed by atoms with Crippen molar-refractivity contribution in [3.8, 4) is 5.88 Å². The van der Waals surface area contributed by atoms with Crippen molar-refractivity contribution in [1.82, 2.24) is 15.3 Å². The van der Waals surface area contributed by atoms with Crippen molar-refractivity contribution in [2.45, 2.75) is 12.7 Å². The van der Waals surface area contributed by atoms with Gasteiger partial charge < -0.3 is 10.1 Å². The number of benzene rings is 1. The highest BCUT2D eigenvalue weighted by Crippen LogP contribution is 2.18. The lowest BCUT2D eigenvalue weighted by Gasteiger charge is -2.10. The van der Waals surface area contributed by atoms with Crippen LogP contribution in [-0.4, -0.2) is 28.7 Å². The van der Waals surface area contributed by atoms with E-state index in [1.54, 1.807) is 30.5 Å². The van der Waals surface area contributed by atoms with Gasteiger partial charge in [-0.05, 0) is 18.2 Å². The zero-order valence-electron chi connectivity index (χ0n) is 13.5. The summed E-state index contributed by atoms with van der Waals surface area (Å²) < 4.78 is 41.2. The molecule has 0 aliphatic carbocycles. The van der Waals surface area contributed by atoms with Gasteiger partial charge in [-0.1, -0.05) is 24.3 Å². The smallest absolute Gasteiger partial charge is 0.422 e. The van der Waals surface area contributed by atoms with Gasteiger partial charge in [0.25, 0.3) is 5.91 Å². The van der Waals surface area contributed by atoms with Crippen molar-refractivity contribution < 1.29 is 22.7 Å². The molecule has 0 aliphatic rings. The van der Waals surface area contributed by atoms with Crippen LogP contribution in [0.1, 0.15) is 16.1 Å². The van der Waals surface area contributed by atoms with Crippen molar-refractivity contribution in [3.63, 3.8) is 0 Å². The first-order valence-corrected chi connectivity index (χ1v) is 7.70. The van der Waals surface area contributed by atoms with Gasteiger partial charge in [-0.2, -0.15) is 13.2 Å². The molecule has 2 aromatic heterocycles. The van der Waals surface area contributed by atoms with Crippen LogP contribution in [0.4, 0.5) is 13.2 Å². The molecule has 0 saturated carbocycles. The molecule has 3 rings (SSSR count). The van der Waals surface area contributed by atoms with Gasteiger partial charge >= 0.3 is 6.18 Å². The molecule has 1 amide bonds. The molecule has 0 bridgehead atoms. The third-order valence-corrected chi connectivity index (χ3v) is 3.47. The average molecular weight is 361 g/mol. The predicted octanol–water partition coefficient (Wildman–Crippen LogP) is 3.50. The lowest BCUT2D eigenvalue weighted by molar-refractivity contribution is -0.154. The standard InChI is InChI=1S/C18H14F3N3O2/c19-18(20,21)11-26-15-8-2-6-13(24-15)10-23-17(25)14-7-1-4-12-5-3-9-22-16(12)14/h1-9H,10-11H2,(H,23,25). The van der Waals surface area contributed by atoms with E-state index in [1.165, 1.54) is 12.1 Å². The van der Waals surface area contributed by atoms with E-state index in [2.05, 4.69) is 20.0 Å². The highest BCUT2D eigenvalue weighted by Gasteiger charge is 2.28. The zero-order chi connectivity index (χ0) is 18.6. The fourth-order valence-electron chi connectivity index (χ4n) is 2.35. The molecule has 0 saturated heterocycles. The van der Waals surface area contributed by atoms with Crippen LogP contribution in [0.5, 0.6) is 5.88 Å². The Hall–Kier alpha value is -3.16. The predicted molar refractivity (Wildman–Crippen MR) is 88.7 cm³/mol. The van der Waals surface area contributed by atoms with Gasteiger partial charge in [0.15, 0.2) is 6.61 Å². The summed E-state index contributed by atoms with van der Waals surface area (Å²) in [6.07, 6.45) is -2.84. The minimum Gasteiger partial charge on any atom is -0.468 e. The molecule has 0 fully saturated rings. The average Bonchev–Trinajstić information content (AvgIpc) is 2.64. The summed E-state index contributed by atoms with van der Waals surface area (Å²) in [6.45, 7) is -1.37. The van der Waals surface area contributed by atoms with E-state index in [9.17, 15) is 18.0 Å². The largest absolute Gasteiger partial charge is 0.468 e. The molecule has 134 valence electrons. The van der Waals surface area contributed by atoms with Gasteiger partial charge in [-0.3, -0.25) is 9.78 Å². The van der Waals surface area contributed by atoms with Crippen LogP contribution in [0, 0.1) is 0 Å². The molecule has 0 atom stereocenters. The van der Waals surface area contributed by atoms with Gasteiger partial charge in [0.05, 0.1) is 23.3 Å². The molecule has 0 spiro atoms. The van der Waals surface area contributed by atoms with Crippen molar-refractivity contribution in [1.29, 1.82) is 0 Å². The molecule has 3 aromatic rings. The van der Waals surface area contributed by atoms with Gasteiger partial charge in [0.2, 0.25) is 5.88 Å². The van der Waals surface area contributed by atoms with Crippen LogP contribution >= 0.6 is 0 Å². The maximum Gasteiger partial charge on any atom is 0.422 e. The lowest BCUT2D eigenvalue weighted by atomic mass is 10.1. The Bertz CT molecular complexity index is 923. The van der Waals surface area contributed by atoms with E-state index in [-0.39, 0.29) is 18.3 Å². The SMILES string of the molecule is O=C(NCc1cccc(OCC(F)(F)F)n1)c1cccc2cccnc12. The second kappa shape index (κ2) is 7.38. The van der Waals surface area contributed by atoms with Crippen molar-refractivity contribution in [2.24, 2.45) is 0 Å². The first-order chi connectivity index (χ1) is 12.4. The molecule has 1 aromatic carbocycles. The van der Waals surface area contributed by atoms with E-state index in [0.29, 0.717) is 16.8 Å². The van der Waals surface area contributed by atoms with E-state index in [1.807, 2.05) is 12.1 Å². The molecule has 0 unspecified atom stereocenters. The Labute approximate surface area is 146 Å². The number of hydrogen-bond donors (Lipinski definition) is 1. The number of hydrogen-bond acceptors (Lipinski definition) is 4. The molecule has 2 heterocycles.